The van der Waals surface area contributed by atoms with E-state index in [1.54, 1.807) is 14.2 Å². The summed E-state index contributed by atoms with van der Waals surface area (Å²) in [5.41, 5.74) is 2.08. The van der Waals surface area contributed by atoms with Crippen molar-refractivity contribution in [3.63, 3.8) is 0 Å². The van der Waals surface area contributed by atoms with Crippen LogP contribution in [0.4, 0.5) is 5.69 Å². The molecule has 0 amide bonds. The molecule has 0 aliphatic rings. The smallest absolute Gasteiger partial charge is 0.195 e. The summed E-state index contributed by atoms with van der Waals surface area (Å²) in [4.78, 5) is 4.66. The maximum Gasteiger partial charge on any atom is 0.195 e. The largest absolute Gasteiger partial charge is 0.497 e. The molecule has 0 unspecified atom stereocenters. The van der Waals surface area contributed by atoms with Crippen molar-refractivity contribution in [3.8, 4) is 17.2 Å². The molecule has 2 aromatic rings. The molecule has 0 saturated heterocycles. The first kappa shape index (κ1) is 20.4. The molecular formula is C21H29N3O3. The maximum atomic E-state index is 5.56. The Morgan fingerprint density at radius 3 is 2.56 bits per heavy atom. The lowest BCUT2D eigenvalue weighted by molar-refractivity contribution is 0.311. The van der Waals surface area contributed by atoms with Gasteiger partial charge in [-0.3, -0.25) is 4.99 Å². The van der Waals surface area contributed by atoms with E-state index < -0.39 is 0 Å². The third-order valence-corrected chi connectivity index (χ3v) is 3.87. The predicted octanol–water partition coefficient (Wildman–Crippen LogP) is 3.72. The average molecular weight is 371 g/mol. The molecule has 0 aromatic heterocycles. The maximum absolute atomic E-state index is 5.56. The van der Waals surface area contributed by atoms with Gasteiger partial charge in [0.15, 0.2) is 17.5 Å². The van der Waals surface area contributed by atoms with Gasteiger partial charge < -0.3 is 24.8 Å². The number of hydrogen-bond acceptors (Lipinski definition) is 4. The molecular weight excluding hydrogens is 342 g/mol. The highest BCUT2D eigenvalue weighted by Crippen LogP contribution is 2.30. The van der Waals surface area contributed by atoms with E-state index in [-0.39, 0.29) is 0 Å². The van der Waals surface area contributed by atoms with Crippen LogP contribution in [0.2, 0.25) is 0 Å². The van der Waals surface area contributed by atoms with Crippen molar-refractivity contribution >= 4 is 11.6 Å². The molecule has 2 rings (SSSR count). The first-order valence-corrected chi connectivity index (χ1v) is 9.19. The number of benzene rings is 2. The molecule has 146 valence electrons. The van der Waals surface area contributed by atoms with Crippen LogP contribution in [0.3, 0.4) is 0 Å². The van der Waals surface area contributed by atoms with Crippen molar-refractivity contribution in [1.82, 2.24) is 5.32 Å². The first-order chi connectivity index (χ1) is 13.2. The van der Waals surface area contributed by atoms with Gasteiger partial charge in [0.25, 0.3) is 0 Å². The fraction of sp³-hybridized carbons (Fsp3) is 0.381. The van der Waals surface area contributed by atoms with Gasteiger partial charge in [-0.15, -0.1) is 0 Å². The molecule has 0 aliphatic carbocycles. The fourth-order valence-electron chi connectivity index (χ4n) is 2.59. The van der Waals surface area contributed by atoms with Crippen LogP contribution < -0.4 is 24.8 Å². The second kappa shape index (κ2) is 11.0. The molecule has 0 atom stereocenters. The van der Waals surface area contributed by atoms with Gasteiger partial charge in [0, 0.05) is 24.8 Å². The van der Waals surface area contributed by atoms with Crippen molar-refractivity contribution in [3.05, 3.63) is 48.0 Å². The highest BCUT2D eigenvalue weighted by molar-refractivity contribution is 5.93. The molecule has 0 heterocycles. The van der Waals surface area contributed by atoms with E-state index in [0.717, 1.165) is 36.1 Å². The fourth-order valence-corrected chi connectivity index (χ4v) is 2.59. The van der Waals surface area contributed by atoms with E-state index in [4.69, 9.17) is 14.2 Å². The van der Waals surface area contributed by atoms with Crippen molar-refractivity contribution < 1.29 is 14.2 Å². The van der Waals surface area contributed by atoms with Gasteiger partial charge in [-0.2, -0.15) is 0 Å². The summed E-state index contributed by atoms with van der Waals surface area (Å²) >= 11 is 0. The lowest BCUT2D eigenvalue weighted by Crippen LogP contribution is -2.30. The topological polar surface area (TPSA) is 64.1 Å². The summed E-state index contributed by atoms with van der Waals surface area (Å²) in [5.74, 6) is 3.01. The molecule has 0 spiro atoms. The number of nitrogens with zero attached hydrogens (tertiary/aromatic N) is 1. The van der Waals surface area contributed by atoms with Crippen LogP contribution >= 0.6 is 0 Å². The van der Waals surface area contributed by atoms with Gasteiger partial charge >= 0.3 is 0 Å². The van der Waals surface area contributed by atoms with E-state index in [9.17, 15) is 0 Å². The summed E-state index contributed by atoms with van der Waals surface area (Å²) in [6, 6.07) is 13.8. The average Bonchev–Trinajstić information content (AvgIpc) is 2.69. The summed E-state index contributed by atoms with van der Waals surface area (Å²) in [5, 5.41) is 6.57. The van der Waals surface area contributed by atoms with Crippen LogP contribution in [0.15, 0.2) is 47.5 Å². The number of ether oxygens (including phenoxy) is 3. The molecule has 6 heteroatoms. The van der Waals surface area contributed by atoms with Crippen LogP contribution in [-0.4, -0.2) is 39.9 Å². The highest BCUT2D eigenvalue weighted by atomic mass is 16.5. The predicted molar refractivity (Wildman–Crippen MR) is 110 cm³/mol. The molecule has 0 aliphatic heterocycles. The minimum Gasteiger partial charge on any atom is -0.497 e. The van der Waals surface area contributed by atoms with Crippen LogP contribution in [0, 0.1) is 0 Å². The Labute approximate surface area is 161 Å². The molecule has 0 bridgehead atoms. The van der Waals surface area contributed by atoms with Gasteiger partial charge in [0.1, 0.15) is 5.75 Å². The lowest BCUT2D eigenvalue weighted by Gasteiger charge is -2.14. The Hall–Kier alpha value is -2.89. The van der Waals surface area contributed by atoms with Crippen molar-refractivity contribution in [2.24, 2.45) is 4.99 Å². The number of rotatable bonds is 9. The number of hydrogen-bond donors (Lipinski definition) is 2. The zero-order valence-corrected chi connectivity index (χ0v) is 16.5. The van der Waals surface area contributed by atoms with E-state index in [1.165, 1.54) is 5.56 Å². The van der Waals surface area contributed by atoms with Gasteiger partial charge in [0.05, 0.1) is 20.8 Å². The molecule has 2 N–H and O–H groups in total. The third-order valence-electron chi connectivity index (χ3n) is 3.87. The van der Waals surface area contributed by atoms with Crippen LogP contribution in [-0.2, 0) is 6.42 Å². The van der Waals surface area contributed by atoms with E-state index in [1.807, 2.05) is 50.2 Å². The highest BCUT2D eigenvalue weighted by Gasteiger charge is 2.07. The molecule has 0 saturated carbocycles. The van der Waals surface area contributed by atoms with Crippen LogP contribution in [0.25, 0.3) is 0 Å². The SMILES string of the molecule is CCNC(=NCCc1cccc(OC)c1)Nc1ccc(OCC)c(OC)c1. The third kappa shape index (κ3) is 6.40. The monoisotopic (exact) mass is 371 g/mol. The molecule has 27 heavy (non-hydrogen) atoms. The summed E-state index contributed by atoms with van der Waals surface area (Å²) in [7, 11) is 3.31. The van der Waals surface area contributed by atoms with Crippen molar-refractivity contribution in [2.75, 3.05) is 39.2 Å². The van der Waals surface area contributed by atoms with Gasteiger partial charge in [-0.25, -0.2) is 0 Å². The van der Waals surface area contributed by atoms with Crippen molar-refractivity contribution in [1.29, 1.82) is 0 Å². The second-order valence-electron chi connectivity index (χ2n) is 5.79. The normalized spacial score (nSPS) is 11.0. The molecule has 2 aromatic carbocycles. The zero-order valence-electron chi connectivity index (χ0n) is 16.5. The van der Waals surface area contributed by atoms with Gasteiger partial charge in [-0.1, -0.05) is 12.1 Å². The Kier molecular flexibility index (Phi) is 8.29. The Balaban J connectivity index is 2.04. The molecule has 0 fully saturated rings. The Morgan fingerprint density at radius 1 is 1.00 bits per heavy atom. The number of aliphatic imine (C=N–C) groups is 1. The van der Waals surface area contributed by atoms with Crippen LogP contribution in [0.1, 0.15) is 19.4 Å². The summed E-state index contributed by atoms with van der Waals surface area (Å²) < 4.78 is 16.2. The Morgan fingerprint density at radius 2 is 1.85 bits per heavy atom. The quantitative estimate of drug-likeness (QED) is 0.519. The van der Waals surface area contributed by atoms with Crippen LogP contribution in [0.5, 0.6) is 17.2 Å². The minimum atomic E-state index is 0.595. The number of anilines is 1. The van der Waals surface area contributed by atoms with Gasteiger partial charge in [0.2, 0.25) is 0 Å². The molecule has 0 radical (unpaired) electrons. The van der Waals surface area contributed by atoms with Crippen molar-refractivity contribution in [2.45, 2.75) is 20.3 Å². The van der Waals surface area contributed by atoms with E-state index in [2.05, 4.69) is 21.7 Å². The number of methoxy groups -OCH3 is 2. The number of guanidine groups is 1. The molecule has 6 nitrogen and oxygen atoms in total. The number of nitrogens with one attached hydrogen (secondary N) is 2. The lowest BCUT2D eigenvalue weighted by atomic mass is 10.1. The van der Waals surface area contributed by atoms with Gasteiger partial charge in [-0.05, 0) is 50.1 Å². The standard InChI is InChI=1S/C21H29N3O3/c1-5-22-21(23-13-12-16-8-7-9-18(14-16)25-3)24-17-10-11-19(27-6-2)20(15-17)26-4/h7-11,14-15H,5-6,12-13H2,1-4H3,(H2,22,23,24). The first-order valence-electron chi connectivity index (χ1n) is 9.19. The Bertz CT molecular complexity index is 747. The van der Waals surface area contributed by atoms with E-state index >= 15 is 0 Å². The zero-order chi connectivity index (χ0) is 19.5. The summed E-state index contributed by atoms with van der Waals surface area (Å²) in [6.45, 7) is 6.02. The minimum absolute atomic E-state index is 0.595. The summed E-state index contributed by atoms with van der Waals surface area (Å²) in [6.07, 6.45) is 0.834. The second-order valence-corrected chi connectivity index (χ2v) is 5.79. The van der Waals surface area contributed by atoms with E-state index in [0.29, 0.717) is 18.9 Å².